The first kappa shape index (κ1) is 25.3. The van der Waals surface area contributed by atoms with Crippen molar-refractivity contribution in [3.63, 3.8) is 0 Å². The van der Waals surface area contributed by atoms with Gasteiger partial charge in [0, 0.05) is 24.5 Å². The highest BCUT2D eigenvalue weighted by atomic mass is 79.9. The summed E-state index contributed by atoms with van der Waals surface area (Å²) >= 11 is 4.30. The van der Waals surface area contributed by atoms with Crippen LogP contribution in [0.4, 0.5) is 16.2 Å². The highest BCUT2D eigenvalue weighted by Gasteiger charge is 2.36. The lowest BCUT2D eigenvalue weighted by atomic mass is 10.2. The summed E-state index contributed by atoms with van der Waals surface area (Å²) in [6, 6.07) is 12.9. The molecule has 2 fully saturated rings. The van der Waals surface area contributed by atoms with Gasteiger partial charge >= 0.3 is 0 Å². The first-order chi connectivity index (χ1) is 16.9. The van der Waals surface area contributed by atoms with Crippen LogP contribution in [-0.4, -0.2) is 61.4 Å². The van der Waals surface area contributed by atoms with Crippen LogP contribution in [-0.2, 0) is 14.3 Å². The van der Waals surface area contributed by atoms with Gasteiger partial charge in [-0.25, -0.2) is 0 Å². The van der Waals surface area contributed by atoms with Gasteiger partial charge in [-0.2, -0.15) is 0 Å². The lowest BCUT2D eigenvalue weighted by molar-refractivity contribution is -0.127. The second kappa shape index (κ2) is 11.7. The lowest BCUT2D eigenvalue weighted by Gasteiger charge is -2.28. The molecule has 2 aromatic rings. The van der Waals surface area contributed by atoms with E-state index in [0.29, 0.717) is 31.3 Å². The Morgan fingerprint density at radius 2 is 1.91 bits per heavy atom. The minimum absolute atomic E-state index is 0.270. The number of nitrogens with zero attached hydrogens (tertiary/aromatic N) is 2. The molecule has 0 aromatic heterocycles. The Hall–Kier alpha value is -2.82. The number of halogens is 1. The SMILES string of the molecule is CCCOc1ccc(/C=C2\SC(=O)N(CC(=O)Nc3ccc(N4CCOCC4)cc3)C2=O)cc1Br. The number of rotatable bonds is 8. The topological polar surface area (TPSA) is 88.2 Å². The van der Waals surface area contributed by atoms with Gasteiger partial charge in [0.15, 0.2) is 0 Å². The van der Waals surface area contributed by atoms with Crippen LogP contribution in [0.3, 0.4) is 0 Å². The normalized spacial score (nSPS) is 17.3. The van der Waals surface area contributed by atoms with Crippen LogP contribution < -0.4 is 15.0 Å². The molecule has 35 heavy (non-hydrogen) atoms. The van der Waals surface area contributed by atoms with E-state index in [1.54, 1.807) is 6.08 Å². The van der Waals surface area contributed by atoms with Gasteiger partial charge in [0.05, 0.1) is 29.2 Å². The molecule has 2 aliphatic heterocycles. The van der Waals surface area contributed by atoms with E-state index in [-0.39, 0.29) is 11.4 Å². The third-order valence-electron chi connectivity index (χ3n) is 5.42. The van der Waals surface area contributed by atoms with Gasteiger partial charge in [-0.05, 0) is 82.2 Å². The minimum Gasteiger partial charge on any atom is -0.492 e. The van der Waals surface area contributed by atoms with Gasteiger partial charge < -0.3 is 19.7 Å². The Labute approximate surface area is 216 Å². The fourth-order valence-electron chi connectivity index (χ4n) is 3.64. The summed E-state index contributed by atoms with van der Waals surface area (Å²) in [4.78, 5) is 41.2. The van der Waals surface area contributed by atoms with Crippen LogP contribution in [0.15, 0.2) is 51.8 Å². The van der Waals surface area contributed by atoms with Gasteiger partial charge in [-0.1, -0.05) is 13.0 Å². The van der Waals surface area contributed by atoms with Crippen molar-refractivity contribution < 1.29 is 23.9 Å². The molecule has 0 saturated carbocycles. The zero-order valence-corrected chi connectivity index (χ0v) is 21.7. The van der Waals surface area contributed by atoms with Crippen LogP contribution in [0.1, 0.15) is 18.9 Å². The van der Waals surface area contributed by atoms with Crippen LogP contribution in [0, 0.1) is 0 Å². The van der Waals surface area contributed by atoms with E-state index in [4.69, 9.17) is 9.47 Å². The van der Waals surface area contributed by atoms with E-state index in [1.807, 2.05) is 49.4 Å². The summed E-state index contributed by atoms with van der Waals surface area (Å²) in [6.45, 7) is 5.33. The maximum Gasteiger partial charge on any atom is 0.294 e. The molecule has 0 radical (unpaired) electrons. The summed E-state index contributed by atoms with van der Waals surface area (Å²) in [5.41, 5.74) is 2.40. The van der Waals surface area contributed by atoms with Crippen LogP contribution in [0.2, 0.25) is 0 Å². The predicted octanol–water partition coefficient (Wildman–Crippen LogP) is 4.75. The van der Waals surface area contributed by atoms with Crippen molar-refractivity contribution in [2.45, 2.75) is 13.3 Å². The number of thioether (sulfide) groups is 1. The quantitative estimate of drug-likeness (QED) is 0.467. The summed E-state index contributed by atoms with van der Waals surface area (Å²) in [6.07, 6.45) is 2.54. The van der Waals surface area contributed by atoms with Gasteiger partial charge in [-0.15, -0.1) is 0 Å². The van der Waals surface area contributed by atoms with Gasteiger partial charge in [-0.3, -0.25) is 19.3 Å². The maximum absolute atomic E-state index is 12.8. The van der Waals surface area contributed by atoms with E-state index >= 15 is 0 Å². The molecule has 2 heterocycles. The Morgan fingerprint density at radius 3 is 2.60 bits per heavy atom. The number of nitrogens with one attached hydrogen (secondary N) is 1. The van der Waals surface area contributed by atoms with E-state index in [0.717, 1.165) is 51.9 Å². The summed E-state index contributed by atoms with van der Waals surface area (Å²) in [7, 11) is 0. The van der Waals surface area contributed by atoms with Crippen molar-refractivity contribution in [2.24, 2.45) is 0 Å². The molecule has 2 aliphatic rings. The zero-order chi connectivity index (χ0) is 24.8. The average molecular weight is 560 g/mol. The largest absolute Gasteiger partial charge is 0.492 e. The van der Waals surface area contributed by atoms with Crippen molar-refractivity contribution in [2.75, 3.05) is 49.7 Å². The molecule has 2 saturated heterocycles. The molecule has 184 valence electrons. The summed E-state index contributed by atoms with van der Waals surface area (Å²) in [5, 5.41) is 2.29. The minimum atomic E-state index is -0.486. The number of amides is 3. The number of ether oxygens (including phenoxy) is 2. The van der Waals surface area contributed by atoms with Gasteiger partial charge in [0.2, 0.25) is 5.91 Å². The molecule has 1 N–H and O–H groups in total. The number of morpholine rings is 1. The van der Waals surface area contributed by atoms with E-state index in [9.17, 15) is 14.4 Å². The molecule has 0 bridgehead atoms. The third kappa shape index (κ3) is 6.45. The average Bonchev–Trinajstić information content (AvgIpc) is 3.11. The van der Waals surface area contributed by atoms with Crippen LogP contribution in [0.5, 0.6) is 5.75 Å². The molecule has 10 heteroatoms. The highest BCUT2D eigenvalue weighted by Crippen LogP contribution is 2.34. The first-order valence-electron chi connectivity index (χ1n) is 11.3. The molecular weight excluding hydrogens is 534 g/mol. The van der Waals surface area contributed by atoms with E-state index in [2.05, 4.69) is 26.1 Å². The standard InChI is InChI=1S/C25H26BrN3O5S/c1-2-11-34-21-8-3-17(14-20(21)26)15-22-24(31)29(25(32)35-22)16-23(30)27-18-4-6-19(7-5-18)28-9-12-33-13-10-28/h3-8,14-15H,2,9-13,16H2,1H3,(H,27,30)/b22-15-. The van der Waals surface area contributed by atoms with Crippen molar-refractivity contribution in [3.05, 3.63) is 57.4 Å². The van der Waals surface area contributed by atoms with Crippen molar-refractivity contribution in [1.29, 1.82) is 0 Å². The maximum atomic E-state index is 12.8. The Morgan fingerprint density at radius 1 is 1.17 bits per heavy atom. The Bertz CT molecular complexity index is 1130. The number of carbonyl (C=O) groups is 3. The number of anilines is 2. The lowest BCUT2D eigenvalue weighted by Crippen LogP contribution is -2.36. The van der Waals surface area contributed by atoms with Crippen LogP contribution >= 0.6 is 27.7 Å². The second-order valence-corrected chi connectivity index (χ2v) is 9.85. The highest BCUT2D eigenvalue weighted by molar-refractivity contribution is 9.10. The van der Waals surface area contributed by atoms with E-state index < -0.39 is 17.1 Å². The van der Waals surface area contributed by atoms with E-state index in [1.165, 1.54) is 0 Å². The molecule has 4 rings (SSSR count). The third-order valence-corrected chi connectivity index (χ3v) is 6.95. The fraction of sp³-hybridized carbons (Fsp3) is 0.320. The Kier molecular flexibility index (Phi) is 8.48. The number of hydrogen-bond acceptors (Lipinski definition) is 7. The number of benzene rings is 2. The first-order valence-corrected chi connectivity index (χ1v) is 13.0. The fourth-order valence-corrected chi connectivity index (χ4v) is 4.99. The molecule has 0 atom stereocenters. The molecule has 0 unspecified atom stereocenters. The molecular formula is C25H26BrN3O5S. The predicted molar refractivity (Wildman–Crippen MR) is 141 cm³/mol. The van der Waals surface area contributed by atoms with Gasteiger partial charge in [0.25, 0.3) is 11.1 Å². The molecule has 3 amide bonds. The summed E-state index contributed by atoms with van der Waals surface area (Å²) < 4.78 is 11.8. The van der Waals surface area contributed by atoms with Crippen molar-refractivity contribution in [1.82, 2.24) is 4.90 Å². The molecule has 2 aromatic carbocycles. The monoisotopic (exact) mass is 559 g/mol. The van der Waals surface area contributed by atoms with Gasteiger partial charge in [0.1, 0.15) is 12.3 Å². The number of hydrogen-bond donors (Lipinski definition) is 1. The molecule has 0 aliphatic carbocycles. The van der Waals surface area contributed by atoms with Crippen molar-refractivity contribution in [3.8, 4) is 5.75 Å². The second-order valence-electron chi connectivity index (χ2n) is 8.00. The Balaban J connectivity index is 1.36. The summed E-state index contributed by atoms with van der Waals surface area (Å²) in [5.74, 6) is -0.208. The van der Waals surface area contributed by atoms with Crippen molar-refractivity contribution >= 4 is 62.2 Å². The molecule has 0 spiro atoms. The number of imide groups is 1. The van der Waals surface area contributed by atoms with Crippen LogP contribution in [0.25, 0.3) is 6.08 Å². The molecule has 8 nitrogen and oxygen atoms in total. The smallest absolute Gasteiger partial charge is 0.294 e. The zero-order valence-electron chi connectivity index (χ0n) is 19.3. The number of carbonyl (C=O) groups excluding carboxylic acids is 3.